The Morgan fingerprint density at radius 3 is 2.36 bits per heavy atom. The lowest BCUT2D eigenvalue weighted by atomic mass is 10.1. The van der Waals surface area contributed by atoms with Crippen molar-refractivity contribution in [2.24, 2.45) is 0 Å². The number of hydrogen-bond donors (Lipinski definition) is 1. The molecule has 0 bridgehead atoms. The quantitative estimate of drug-likeness (QED) is 0.813. The van der Waals surface area contributed by atoms with E-state index in [0.717, 1.165) is 0 Å². The SMILES string of the molecule is CCS(=O)(=O)c1ccccc1NC(=O)Cc1ccc(OC(F)F)cc1. The Morgan fingerprint density at radius 2 is 1.76 bits per heavy atom. The van der Waals surface area contributed by atoms with E-state index in [4.69, 9.17) is 0 Å². The Labute approximate surface area is 144 Å². The molecule has 0 saturated heterocycles. The number of hydrogen-bond acceptors (Lipinski definition) is 4. The van der Waals surface area contributed by atoms with E-state index in [2.05, 4.69) is 10.1 Å². The van der Waals surface area contributed by atoms with Crippen LogP contribution < -0.4 is 10.1 Å². The lowest BCUT2D eigenvalue weighted by Gasteiger charge is -2.11. The number of para-hydroxylation sites is 1. The normalized spacial score (nSPS) is 11.4. The van der Waals surface area contributed by atoms with Crippen molar-refractivity contribution >= 4 is 21.4 Å². The van der Waals surface area contributed by atoms with Gasteiger partial charge in [0.2, 0.25) is 5.91 Å². The number of carbonyl (C=O) groups excluding carboxylic acids is 1. The van der Waals surface area contributed by atoms with E-state index >= 15 is 0 Å². The zero-order valence-electron chi connectivity index (χ0n) is 13.4. The van der Waals surface area contributed by atoms with Crippen molar-refractivity contribution in [3.05, 3.63) is 54.1 Å². The van der Waals surface area contributed by atoms with Crippen LogP contribution >= 0.6 is 0 Å². The highest BCUT2D eigenvalue weighted by Gasteiger charge is 2.17. The number of carbonyl (C=O) groups is 1. The zero-order valence-corrected chi connectivity index (χ0v) is 14.2. The summed E-state index contributed by atoms with van der Waals surface area (Å²) in [6, 6.07) is 11.8. The van der Waals surface area contributed by atoms with E-state index in [1.807, 2.05) is 0 Å². The summed E-state index contributed by atoms with van der Waals surface area (Å²) in [5, 5.41) is 2.58. The van der Waals surface area contributed by atoms with Gasteiger partial charge in [-0.2, -0.15) is 8.78 Å². The summed E-state index contributed by atoms with van der Waals surface area (Å²) in [6.45, 7) is -1.39. The molecule has 134 valence electrons. The van der Waals surface area contributed by atoms with Crippen LogP contribution in [0.25, 0.3) is 0 Å². The van der Waals surface area contributed by atoms with Crippen LogP contribution in [0.4, 0.5) is 14.5 Å². The minimum Gasteiger partial charge on any atom is -0.435 e. The number of alkyl halides is 2. The number of nitrogens with one attached hydrogen (secondary N) is 1. The van der Waals surface area contributed by atoms with Crippen LogP contribution in [-0.4, -0.2) is 26.7 Å². The Kier molecular flexibility index (Phi) is 6.08. The van der Waals surface area contributed by atoms with E-state index in [1.54, 1.807) is 12.1 Å². The standard InChI is InChI=1S/C17H17F2NO4S/c1-2-25(22,23)15-6-4-3-5-14(15)20-16(21)11-12-7-9-13(10-8-12)24-17(18)19/h3-10,17H,2,11H2,1H3,(H,20,21). The van der Waals surface area contributed by atoms with Gasteiger partial charge in [-0.15, -0.1) is 0 Å². The summed E-state index contributed by atoms with van der Waals surface area (Å²) < 4.78 is 52.6. The van der Waals surface area contributed by atoms with Gasteiger partial charge in [-0.25, -0.2) is 8.42 Å². The third kappa shape index (κ3) is 5.25. The molecule has 5 nitrogen and oxygen atoms in total. The van der Waals surface area contributed by atoms with Crippen LogP contribution in [0, 0.1) is 0 Å². The van der Waals surface area contributed by atoms with Gasteiger partial charge in [0.05, 0.1) is 22.8 Å². The number of benzene rings is 2. The molecule has 0 spiro atoms. The molecule has 1 amide bonds. The van der Waals surface area contributed by atoms with Gasteiger partial charge in [-0.3, -0.25) is 4.79 Å². The van der Waals surface area contributed by atoms with Gasteiger partial charge in [0.15, 0.2) is 9.84 Å². The van der Waals surface area contributed by atoms with Gasteiger partial charge in [0.1, 0.15) is 5.75 Å². The van der Waals surface area contributed by atoms with Gasteiger partial charge in [0, 0.05) is 0 Å². The predicted octanol–water partition coefficient (Wildman–Crippen LogP) is 3.26. The van der Waals surface area contributed by atoms with Crippen LogP contribution in [0.15, 0.2) is 53.4 Å². The highest BCUT2D eigenvalue weighted by Crippen LogP contribution is 2.22. The summed E-state index contributed by atoms with van der Waals surface area (Å²) in [7, 11) is -3.47. The highest BCUT2D eigenvalue weighted by atomic mass is 32.2. The first-order chi connectivity index (χ1) is 11.8. The first-order valence-electron chi connectivity index (χ1n) is 7.47. The van der Waals surface area contributed by atoms with Gasteiger partial charge in [-0.1, -0.05) is 31.2 Å². The maximum atomic E-state index is 12.2. The number of rotatable bonds is 7. The molecular weight excluding hydrogens is 352 g/mol. The number of ether oxygens (including phenoxy) is 1. The van der Waals surface area contributed by atoms with Crippen molar-refractivity contribution in [1.29, 1.82) is 0 Å². The zero-order chi connectivity index (χ0) is 18.4. The molecule has 2 rings (SSSR count). The van der Waals surface area contributed by atoms with E-state index in [0.29, 0.717) is 5.56 Å². The fourth-order valence-electron chi connectivity index (χ4n) is 2.17. The van der Waals surface area contributed by atoms with Crippen molar-refractivity contribution in [2.75, 3.05) is 11.1 Å². The fraction of sp³-hybridized carbons (Fsp3) is 0.235. The minimum absolute atomic E-state index is 0.00135. The fourth-order valence-corrected chi connectivity index (χ4v) is 3.22. The van der Waals surface area contributed by atoms with Crippen LogP contribution in [0.5, 0.6) is 5.75 Å². The smallest absolute Gasteiger partial charge is 0.387 e. The molecule has 0 radical (unpaired) electrons. The number of sulfone groups is 1. The second kappa shape index (κ2) is 8.06. The molecule has 0 aliphatic carbocycles. The second-order valence-electron chi connectivity index (χ2n) is 5.15. The Hall–Kier alpha value is -2.48. The van der Waals surface area contributed by atoms with Gasteiger partial charge in [-0.05, 0) is 29.8 Å². The lowest BCUT2D eigenvalue weighted by Crippen LogP contribution is -2.17. The third-order valence-corrected chi connectivity index (χ3v) is 5.18. The molecule has 0 atom stereocenters. The average molecular weight is 369 g/mol. The van der Waals surface area contributed by atoms with Crippen molar-refractivity contribution in [3.63, 3.8) is 0 Å². The Bertz CT molecular complexity index is 836. The van der Waals surface area contributed by atoms with Crippen LogP contribution in [-0.2, 0) is 21.1 Å². The summed E-state index contributed by atoms with van der Waals surface area (Å²) in [5.74, 6) is -0.495. The van der Waals surface area contributed by atoms with Gasteiger partial charge >= 0.3 is 6.61 Å². The molecule has 0 aliphatic heterocycles. The molecule has 2 aromatic rings. The van der Waals surface area contributed by atoms with Gasteiger partial charge in [0.25, 0.3) is 0 Å². The largest absolute Gasteiger partial charge is 0.435 e. The van der Waals surface area contributed by atoms with Crippen LogP contribution in [0.3, 0.4) is 0 Å². The van der Waals surface area contributed by atoms with E-state index in [-0.39, 0.29) is 28.5 Å². The molecule has 0 heterocycles. The maximum Gasteiger partial charge on any atom is 0.387 e. The van der Waals surface area contributed by atoms with Crippen molar-refractivity contribution in [3.8, 4) is 5.75 Å². The topological polar surface area (TPSA) is 72.5 Å². The van der Waals surface area contributed by atoms with Crippen molar-refractivity contribution in [1.82, 2.24) is 0 Å². The predicted molar refractivity (Wildman–Crippen MR) is 89.6 cm³/mol. The molecule has 0 aromatic heterocycles. The second-order valence-corrected chi connectivity index (χ2v) is 7.39. The summed E-state index contributed by atoms with van der Waals surface area (Å²) in [6.07, 6.45) is -0.0323. The average Bonchev–Trinajstić information content (AvgIpc) is 2.56. The summed E-state index contributed by atoms with van der Waals surface area (Å²) in [4.78, 5) is 12.2. The maximum absolute atomic E-state index is 12.2. The number of halogens is 2. The molecule has 25 heavy (non-hydrogen) atoms. The molecule has 8 heteroatoms. The highest BCUT2D eigenvalue weighted by molar-refractivity contribution is 7.91. The molecule has 0 unspecified atom stereocenters. The first kappa shape index (κ1) is 18.9. The molecule has 0 aliphatic rings. The third-order valence-electron chi connectivity index (χ3n) is 3.39. The van der Waals surface area contributed by atoms with Crippen molar-refractivity contribution in [2.45, 2.75) is 24.9 Å². The summed E-state index contributed by atoms with van der Waals surface area (Å²) in [5.41, 5.74) is 0.793. The van der Waals surface area contributed by atoms with Crippen LogP contribution in [0.1, 0.15) is 12.5 Å². The number of anilines is 1. The first-order valence-corrected chi connectivity index (χ1v) is 9.12. The van der Waals surface area contributed by atoms with Gasteiger partial charge < -0.3 is 10.1 Å². The Balaban J connectivity index is 2.09. The Morgan fingerprint density at radius 1 is 1.12 bits per heavy atom. The molecule has 0 fully saturated rings. The molecule has 0 saturated carbocycles. The molecule has 1 N–H and O–H groups in total. The van der Waals surface area contributed by atoms with E-state index in [9.17, 15) is 22.0 Å². The monoisotopic (exact) mass is 369 g/mol. The lowest BCUT2D eigenvalue weighted by molar-refractivity contribution is -0.115. The molecule has 2 aromatic carbocycles. The number of amides is 1. The van der Waals surface area contributed by atoms with Crippen molar-refractivity contribution < 1.29 is 26.7 Å². The van der Waals surface area contributed by atoms with E-state index < -0.39 is 22.4 Å². The summed E-state index contributed by atoms with van der Waals surface area (Å²) >= 11 is 0. The minimum atomic E-state index is -3.47. The molecular formula is C17H17F2NO4S. The van der Waals surface area contributed by atoms with E-state index in [1.165, 1.54) is 43.3 Å². The van der Waals surface area contributed by atoms with Crippen LogP contribution in [0.2, 0.25) is 0 Å².